The van der Waals surface area contributed by atoms with E-state index in [0.717, 1.165) is 50.9 Å². The molecule has 3 aliphatic heterocycles. The molecule has 266 valence electrons. The zero-order valence-corrected chi connectivity index (χ0v) is 30.7. The van der Waals surface area contributed by atoms with Crippen molar-refractivity contribution >= 4 is 69.8 Å². The minimum absolute atomic E-state index is 0.0463. The fourth-order valence-corrected chi connectivity index (χ4v) is 7.96. The van der Waals surface area contributed by atoms with Gasteiger partial charge in [0.1, 0.15) is 0 Å². The molecule has 2 atom stereocenters. The Labute approximate surface area is 307 Å². The highest BCUT2D eigenvalue weighted by Crippen LogP contribution is 2.32. The van der Waals surface area contributed by atoms with Crippen molar-refractivity contribution in [2.45, 2.75) is 50.5 Å². The number of piperidine rings is 2. The van der Waals surface area contributed by atoms with Crippen molar-refractivity contribution in [1.29, 1.82) is 0 Å². The summed E-state index contributed by atoms with van der Waals surface area (Å²) in [5, 5.41) is 15.4. The summed E-state index contributed by atoms with van der Waals surface area (Å²) in [6, 6.07) is 10.1. The molecular weight excluding hydrogens is 712 g/mol. The fraction of sp³-hybridized carbons (Fsp3) is 0.543. The number of amides is 3. The Bertz CT molecular complexity index is 1510. The van der Waals surface area contributed by atoms with Crippen molar-refractivity contribution in [3.63, 3.8) is 0 Å². The lowest BCUT2D eigenvalue weighted by Gasteiger charge is -2.42. The van der Waals surface area contributed by atoms with Gasteiger partial charge in [-0.05, 0) is 74.5 Å². The summed E-state index contributed by atoms with van der Waals surface area (Å²) >= 11 is 24.9. The summed E-state index contributed by atoms with van der Waals surface area (Å²) in [6.45, 7) is 5.37. The third-order valence-electron chi connectivity index (χ3n) is 9.83. The van der Waals surface area contributed by atoms with E-state index in [9.17, 15) is 19.6 Å². The van der Waals surface area contributed by atoms with Gasteiger partial charge in [0, 0.05) is 79.7 Å². The lowest BCUT2D eigenvalue weighted by atomic mass is 9.89. The first kappa shape index (κ1) is 37.7. The van der Waals surface area contributed by atoms with E-state index in [1.165, 1.54) is 4.90 Å². The number of ether oxygens (including phenoxy) is 1. The van der Waals surface area contributed by atoms with Crippen molar-refractivity contribution in [2.24, 2.45) is 11.1 Å². The van der Waals surface area contributed by atoms with Crippen LogP contribution < -0.4 is 0 Å². The van der Waals surface area contributed by atoms with Crippen LogP contribution in [-0.4, -0.2) is 120 Å². The van der Waals surface area contributed by atoms with Crippen LogP contribution in [0, 0.1) is 5.92 Å². The van der Waals surface area contributed by atoms with Crippen molar-refractivity contribution < 1.29 is 24.3 Å². The normalized spacial score (nSPS) is 20.4. The van der Waals surface area contributed by atoms with Gasteiger partial charge in [0.2, 0.25) is 11.8 Å². The predicted molar refractivity (Wildman–Crippen MR) is 192 cm³/mol. The summed E-state index contributed by atoms with van der Waals surface area (Å²) < 4.78 is 5.37. The van der Waals surface area contributed by atoms with Crippen molar-refractivity contribution in [1.82, 2.24) is 19.6 Å². The quantitative estimate of drug-likeness (QED) is 0.163. The zero-order valence-electron chi connectivity index (χ0n) is 27.6. The topological polar surface area (TPSA) is 106 Å². The molecule has 49 heavy (non-hydrogen) atoms. The van der Waals surface area contributed by atoms with E-state index in [1.807, 2.05) is 15.9 Å². The number of morpholine rings is 1. The molecule has 3 saturated heterocycles. The molecule has 0 aliphatic carbocycles. The summed E-state index contributed by atoms with van der Waals surface area (Å²) in [6.07, 6.45) is 4.21. The van der Waals surface area contributed by atoms with E-state index in [-0.39, 0.29) is 48.6 Å². The van der Waals surface area contributed by atoms with Gasteiger partial charge < -0.3 is 29.5 Å². The van der Waals surface area contributed by atoms with Gasteiger partial charge in [-0.3, -0.25) is 14.4 Å². The zero-order chi connectivity index (χ0) is 35.1. The molecule has 0 bridgehead atoms. The van der Waals surface area contributed by atoms with Crippen LogP contribution in [0.1, 0.15) is 60.4 Å². The van der Waals surface area contributed by atoms with Gasteiger partial charge in [0.25, 0.3) is 5.91 Å². The highest BCUT2D eigenvalue weighted by atomic mass is 35.5. The van der Waals surface area contributed by atoms with Gasteiger partial charge in [0.05, 0.1) is 35.5 Å². The van der Waals surface area contributed by atoms with Gasteiger partial charge in [-0.15, -0.1) is 0 Å². The molecular formula is C35H43Cl4N5O5. The second-order valence-corrected chi connectivity index (χ2v) is 14.8. The number of likely N-dealkylation sites (tertiary alicyclic amines) is 2. The van der Waals surface area contributed by atoms with Gasteiger partial charge in [0.15, 0.2) is 0 Å². The van der Waals surface area contributed by atoms with Crippen LogP contribution in [0.15, 0.2) is 41.6 Å². The first-order chi connectivity index (χ1) is 23.5. The number of halogens is 4. The number of oxime groups is 1. The number of hydrogen-bond acceptors (Lipinski definition) is 7. The first-order valence-corrected chi connectivity index (χ1v) is 18.3. The molecule has 3 aliphatic rings. The third-order valence-corrected chi connectivity index (χ3v) is 11.0. The summed E-state index contributed by atoms with van der Waals surface area (Å²) in [4.78, 5) is 47.3. The third kappa shape index (κ3) is 9.80. The van der Waals surface area contributed by atoms with Crippen LogP contribution in [0.5, 0.6) is 0 Å². The van der Waals surface area contributed by atoms with Gasteiger partial charge >= 0.3 is 0 Å². The number of benzene rings is 2. The van der Waals surface area contributed by atoms with Gasteiger partial charge in [-0.1, -0.05) is 57.6 Å². The molecule has 1 unspecified atom stereocenters. The molecule has 5 rings (SSSR count). The van der Waals surface area contributed by atoms with Gasteiger partial charge in [-0.2, -0.15) is 0 Å². The van der Waals surface area contributed by atoms with E-state index >= 15 is 0 Å². The highest BCUT2D eigenvalue weighted by molar-refractivity contribution is 6.42. The molecule has 2 aromatic carbocycles. The molecule has 3 fully saturated rings. The van der Waals surface area contributed by atoms with E-state index < -0.39 is 0 Å². The smallest absolute Gasteiger partial charge is 0.254 e. The Kier molecular flexibility index (Phi) is 13.5. The molecule has 0 spiro atoms. The average Bonchev–Trinajstić information content (AvgIpc) is 3.10. The maximum absolute atomic E-state index is 13.5. The van der Waals surface area contributed by atoms with Crippen molar-refractivity contribution in [3.8, 4) is 0 Å². The maximum atomic E-state index is 13.5. The standard InChI is InChI=1S/C35H43Cl4N5O5/c1-41(34(46)25-17-26(36)21-27(37)18-25)22-32(40-48)29(23-4-5-30(38)31(39)19-23)8-12-42-10-6-28(7-11-42)44-9-2-3-24(35(44)47)20-33(45)43-13-15-49-16-14-43/h4-5,17-19,21,24,28-29,48H,2-3,6-16,20,22H2,1H3/b40-32+/t24?,29-/m0/s1. The minimum atomic E-state index is -0.357. The Morgan fingerprint density at radius 2 is 1.65 bits per heavy atom. The van der Waals surface area contributed by atoms with E-state index in [2.05, 4.69) is 10.1 Å². The molecule has 10 nitrogen and oxygen atoms in total. The highest BCUT2D eigenvalue weighted by Gasteiger charge is 2.37. The van der Waals surface area contributed by atoms with Crippen LogP contribution in [0.4, 0.5) is 0 Å². The fourth-order valence-electron chi connectivity index (χ4n) is 7.13. The second kappa shape index (κ2) is 17.6. The molecule has 14 heteroatoms. The molecule has 0 saturated carbocycles. The molecule has 2 aromatic rings. The number of carbonyl (C=O) groups excluding carboxylic acids is 3. The Morgan fingerprint density at radius 1 is 0.959 bits per heavy atom. The lowest BCUT2D eigenvalue weighted by Crippen LogP contribution is -2.52. The number of rotatable bonds is 11. The summed E-state index contributed by atoms with van der Waals surface area (Å²) in [7, 11) is 1.63. The van der Waals surface area contributed by atoms with E-state index in [1.54, 1.807) is 37.4 Å². The SMILES string of the molecule is CN(C/C(=N\O)[C@@H](CCN1CCC(N2CCCC(CC(=O)N3CCOCC3)C2=O)CC1)c1ccc(Cl)c(Cl)c1)C(=O)c1cc(Cl)cc(Cl)c1. The molecule has 3 amide bonds. The molecule has 0 radical (unpaired) electrons. The summed E-state index contributed by atoms with van der Waals surface area (Å²) in [5.74, 6) is -0.783. The predicted octanol–water partition coefficient (Wildman–Crippen LogP) is 6.33. The monoisotopic (exact) mass is 753 g/mol. The average molecular weight is 756 g/mol. The second-order valence-electron chi connectivity index (χ2n) is 13.1. The van der Waals surface area contributed by atoms with Crippen molar-refractivity contribution in [3.05, 3.63) is 67.6 Å². The molecule has 1 N–H and O–H groups in total. The molecule has 3 heterocycles. The Balaban J connectivity index is 1.20. The Morgan fingerprint density at radius 3 is 2.31 bits per heavy atom. The van der Waals surface area contributed by atoms with E-state index in [4.69, 9.17) is 51.1 Å². The van der Waals surface area contributed by atoms with Crippen LogP contribution in [-0.2, 0) is 14.3 Å². The first-order valence-electron chi connectivity index (χ1n) is 16.8. The van der Waals surface area contributed by atoms with Crippen LogP contribution in [0.25, 0.3) is 0 Å². The maximum Gasteiger partial charge on any atom is 0.254 e. The molecule has 0 aromatic heterocycles. The minimum Gasteiger partial charge on any atom is -0.411 e. The Hall–Kier alpha value is -2.60. The number of nitrogens with zero attached hydrogens (tertiary/aromatic N) is 5. The van der Waals surface area contributed by atoms with Crippen LogP contribution >= 0.6 is 46.4 Å². The van der Waals surface area contributed by atoms with E-state index in [0.29, 0.717) is 70.6 Å². The van der Waals surface area contributed by atoms with Crippen molar-refractivity contribution in [2.75, 3.05) is 66.1 Å². The number of hydrogen-bond donors (Lipinski definition) is 1. The van der Waals surface area contributed by atoms with Crippen LogP contribution in [0.2, 0.25) is 20.1 Å². The van der Waals surface area contributed by atoms with Crippen LogP contribution in [0.3, 0.4) is 0 Å². The van der Waals surface area contributed by atoms with Gasteiger partial charge in [-0.25, -0.2) is 0 Å². The lowest BCUT2D eigenvalue weighted by molar-refractivity contribution is -0.147. The summed E-state index contributed by atoms with van der Waals surface area (Å²) in [5.41, 5.74) is 1.54. The largest absolute Gasteiger partial charge is 0.411 e. The number of carbonyl (C=O) groups is 3.